The number of ether oxygens (including phenoxy) is 1. The fourth-order valence-electron chi connectivity index (χ4n) is 3.67. The normalized spacial score (nSPS) is 15.0. The molecule has 1 heterocycles. The van der Waals surface area contributed by atoms with E-state index in [2.05, 4.69) is 5.32 Å². The van der Waals surface area contributed by atoms with Gasteiger partial charge < -0.3 is 4.74 Å². The molecule has 4 amide bonds. The molecule has 1 aliphatic rings. The van der Waals surface area contributed by atoms with Gasteiger partial charge in [-0.25, -0.2) is 14.1 Å². The van der Waals surface area contributed by atoms with Crippen molar-refractivity contribution in [3.8, 4) is 5.75 Å². The Hall–Kier alpha value is -3.97. The molecule has 8 heteroatoms. The first-order valence-corrected chi connectivity index (χ1v) is 10.7. The van der Waals surface area contributed by atoms with Crippen LogP contribution in [0.2, 0.25) is 5.02 Å². The van der Waals surface area contributed by atoms with Crippen LogP contribution in [0.4, 0.5) is 14.9 Å². The molecule has 1 fully saturated rings. The number of imide groups is 2. The van der Waals surface area contributed by atoms with E-state index in [4.69, 9.17) is 16.3 Å². The molecule has 1 N–H and O–H groups in total. The van der Waals surface area contributed by atoms with Gasteiger partial charge in [-0.15, -0.1) is 0 Å². The first-order valence-electron chi connectivity index (χ1n) is 10.4. The van der Waals surface area contributed by atoms with Gasteiger partial charge in [-0.05, 0) is 60.5 Å². The summed E-state index contributed by atoms with van der Waals surface area (Å²) in [7, 11) is 1.47. The molecule has 0 aromatic heterocycles. The number of methoxy groups -OCH3 is 1. The van der Waals surface area contributed by atoms with E-state index in [1.54, 1.807) is 48.5 Å². The first-order chi connectivity index (χ1) is 16.3. The number of benzene rings is 3. The SMILES string of the molecule is COc1cc(/C=C2\C(=O)NC(=O)N(c3ccc(C)cc3)C2=O)cc(Cl)c1Cc1cccc(F)c1. The fourth-order valence-corrected chi connectivity index (χ4v) is 3.96. The molecule has 3 aromatic rings. The summed E-state index contributed by atoms with van der Waals surface area (Å²) < 4.78 is 19.1. The molecule has 0 bridgehead atoms. The van der Waals surface area contributed by atoms with Gasteiger partial charge in [0.15, 0.2) is 0 Å². The Balaban J connectivity index is 1.70. The summed E-state index contributed by atoms with van der Waals surface area (Å²) in [4.78, 5) is 38.9. The van der Waals surface area contributed by atoms with Crippen molar-refractivity contribution in [2.75, 3.05) is 12.0 Å². The summed E-state index contributed by atoms with van der Waals surface area (Å²) >= 11 is 6.50. The number of amides is 4. The van der Waals surface area contributed by atoms with Gasteiger partial charge in [0.05, 0.1) is 12.8 Å². The van der Waals surface area contributed by atoms with E-state index in [1.807, 2.05) is 6.92 Å². The van der Waals surface area contributed by atoms with Crippen LogP contribution in [-0.4, -0.2) is 25.0 Å². The number of halogens is 2. The molecule has 34 heavy (non-hydrogen) atoms. The number of hydrogen-bond donors (Lipinski definition) is 1. The standard InChI is InChI=1S/C26H20ClFN2O4/c1-15-6-8-19(9-7-15)30-25(32)21(24(31)29-26(30)33)12-17-13-22(27)20(23(14-17)34-2)11-16-4-3-5-18(28)10-16/h3-10,12-14H,11H2,1-2H3,(H,29,31,33)/b21-12+. The van der Waals surface area contributed by atoms with Crippen molar-refractivity contribution in [3.05, 3.63) is 99.3 Å². The molecule has 3 aromatic carbocycles. The van der Waals surface area contributed by atoms with E-state index in [9.17, 15) is 18.8 Å². The van der Waals surface area contributed by atoms with Crippen molar-refractivity contribution >= 4 is 41.2 Å². The minimum Gasteiger partial charge on any atom is -0.496 e. The van der Waals surface area contributed by atoms with Crippen molar-refractivity contribution in [1.29, 1.82) is 0 Å². The van der Waals surface area contributed by atoms with Crippen LogP contribution in [0.25, 0.3) is 6.08 Å². The highest BCUT2D eigenvalue weighted by molar-refractivity contribution is 6.39. The largest absolute Gasteiger partial charge is 0.496 e. The average molecular weight is 479 g/mol. The Labute approximate surface area is 200 Å². The Morgan fingerprint density at radius 3 is 2.47 bits per heavy atom. The van der Waals surface area contributed by atoms with Crippen LogP contribution in [0.5, 0.6) is 5.75 Å². The summed E-state index contributed by atoms with van der Waals surface area (Å²) in [6.45, 7) is 1.88. The maximum Gasteiger partial charge on any atom is 0.335 e. The zero-order valence-corrected chi connectivity index (χ0v) is 19.2. The second-order valence-electron chi connectivity index (χ2n) is 7.78. The van der Waals surface area contributed by atoms with Gasteiger partial charge in [-0.3, -0.25) is 14.9 Å². The summed E-state index contributed by atoms with van der Waals surface area (Å²) in [6, 6.07) is 15.3. The van der Waals surface area contributed by atoms with Gasteiger partial charge in [0.1, 0.15) is 17.1 Å². The number of aryl methyl sites for hydroxylation is 1. The third-order valence-corrected chi connectivity index (χ3v) is 5.71. The number of hydrogen-bond acceptors (Lipinski definition) is 4. The number of anilines is 1. The van der Waals surface area contributed by atoms with E-state index < -0.39 is 17.8 Å². The topological polar surface area (TPSA) is 75.7 Å². The molecule has 172 valence electrons. The molecule has 0 radical (unpaired) electrons. The van der Waals surface area contributed by atoms with Crippen LogP contribution in [0.1, 0.15) is 22.3 Å². The van der Waals surface area contributed by atoms with E-state index in [0.717, 1.165) is 10.5 Å². The number of urea groups is 1. The lowest BCUT2D eigenvalue weighted by Crippen LogP contribution is -2.54. The lowest BCUT2D eigenvalue weighted by molar-refractivity contribution is -0.122. The van der Waals surface area contributed by atoms with Crippen LogP contribution < -0.4 is 15.0 Å². The predicted octanol–water partition coefficient (Wildman–Crippen LogP) is 5.05. The van der Waals surface area contributed by atoms with E-state index >= 15 is 0 Å². The van der Waals surface area contributed by atoms with E-state index in [-0.39, 0.29) is 11.4 Å². The Kier molecular flexibility index (Phi) is 6.47. The number of nitrogens with one attached hydrogen (secondary N) is 1. The van der Waals surface area contributed by atoms with Crippen molar-refractivity contribution in [3.63, 3.8) is 0 Å². The third-order valence-electron chi connectivity index (χ3n) is 5.37. The molecule has 1 aliphatic heterocycles. The quantitative estimate of drug-likeness (QED) is 0.411. The van der Waals surface area contributed by atoms with Gasteiger partial charge in [0, 0.05) is 17.0 Å². The molecular weight excluding hydrogens is 459 g/mol. The first kappa shape index (κ1) is 23.2. The van der Waals surface area contributed by atoms with Crippen molar-refractivity contribution in [1.82, 2.24) is 5.32 Å². The molecule has 0 saturated carbocycles. The number of carbonyl (C=O) groups is 3. The number of carbonyl (C=O) groups excluding carboxylic acids is 3. The predicted molar refractivity (Wildman–Crippen MR) is 127 cm³/mol. The maximum absolute atomic E-state index is 13.6. The lowest BCUT2D eigenvalue weighted by Gasteiger charge is -2.26. The Bertz CT molecular complexity index is 1340. The molecule has 0 spiro atoms. The second kappa shape index (κ2) is 9.49. The van der Waals surface area contributed by atoms with Crippen LogP contribution in [0.3, 0.4) is 0 Å². The zero-order chi connectivity index (χ0) is 24.4. The van der Waals surface area contributed by atoms with Gasteiger partial charge in [-0.2, -0.15) is 0 Å². The monoisotopic (exact) mass is 478 g/mol. The average Bonchev–Trinajstić information content (AvgIpc) is 2.79. The summed E-state index contributed by atoms with van der Waals surface area (Å²) in [5.74, 6) is -1.50. The zero-order valence-electron chi connectivity index (χ0n) is 18.4. The second-order valence-corrected chi connectivity index (χ2v) is 8.19. The van der Waals surface area contributed by atoms with Gasteiger partial charge >= 0.3 is 6.03 Å². The Morgan fingerprint density at radius 1 is 1.06 bits per heavy atom. The van der Waals surface area contributed by atoms with Gasteiger partial charge in [0.25, 0.3) is 11.8 Å². The molecule has 1 saturated heterocycles. The highest BCUT2D eigenvalue weighted by Crippen LogP contribution is 2.32. The molecular formula is C26H20ClFN2O4. The van der Waals surface area contributed by atoms with Gasteiger partial charge in [0.2, 0.25) is 0 Å². The molecule has 0 unspecified atom stereocenters. The number of rotatable bonds is 5. The van der Waals surface area contributed by atoms with Crippen LogP contribution >= 0.6 is 11.6 Å². The Morgan fingerprint density at radius 2 is 1.79 bits per heavy atom. The highest BCUT2D eigenvalue weighted by Gasteiger charge is 2.36. The molecule has 0 aliphatic carbocycles. The van der Waals surface area contributed by atoms with Crippen molar-refractivity contribution in [2.45, 2.75) is 13.3 Å². The van der Waals surface area contributed by atoms with Crippen LogP contribution in [0.15, 0.2) is 66.2 Å². The minimum absolute atomic E-state index is 0.226. The minimum atomic E-state index is -0.822. The number of barbiturate groups is 1. The smallest absolute Gasteiger partial charge is 0.335 e. The van der Waals surface area contributed by atoms with E-state index in [0.29, 0.717) is 39.6 Å². The fraction of sp³-hybridized carbons (Fsp3) is 0.115. The van der Waals surface area contributed by atoms with Crippen molar-refractivity contribution < 1.29 is 23.5 Å². The summed E-state index contributed by atoms with van der Waals surface area (Å²) in [6.07, 6.45) is 1.68. The van der Waals surface area contributed by atoms with Gasteiger partial charge in [-0.1, -0.05) is 41.4 Å². The molecule has 0 atom stereocenters. The number of nitrogens with zero attached hydrogens (tertiary/aromatic N) is 1. The maximum atomic E-state index is 13.6. The highest BCUT2D eigenvalue weighted by atomic mass is 35.5. The van der Waals surface area contributed by atoms with Crippen LogP contribution in [-0.2, 0) is 16.0 Å². The molecule has 6 nitrogen and oxygen atoms in total. The van der Waals surface area contributed by atoms with Crippen molar-refractivity contribution in [2.24, 2.45) is 0 Å². The molecule has 4 rings (SSSR count). The van der Waals surface area contributed by atoms with Crippen LogP contribution in [0, 0.1) is 12.7 Å². The summed E-state index contributed by atoms with van der Waals surface area (Å²) in [5, 5.41) is 2.52. The van der Waals surface area contributed by atoms with E-state index in [1.165, 1.54) is 25.3 Å². The summed E-state index contributed by atoms with van der Waals surface area (Å²) in [5.41, 5.74) is 2.85. The lowest BCUT2D eigenvalue weighted by atomic mass is 10.00. The third kappa shape index (κ3) is 4.70.